The summed E-state index contributed by atoms with van der Waals surface area (Å²) in [6, 6.07) is 8.93. The van der Waals surface area contributed by atoms with Crippen LogP contribution < -0.4 is 21.9 Å². The van der Waals surface area contributed by atoms with E-state index in [-0.39, 0.29) is 45.7 Å². The number of hydrogen-bond donors (Lipinski definition) is 8. The van der Waals surface area contributed by atoms with E-state index in [1.165, 1.54) is 11.8 Å². The normalized spacial score (nSPS) is 11.7. The quantitative estimate of drug-likeness (QED) is 0.0373. The van der Waals surface area contributed by atoms with Crippen molar-refractivity contribution in [3.05, 3.63) is 35.9 Å². The van der Waals surface area contributed by atoms with Crippen LogP contribution in [0, 0.1) is 0 Å². The fourth-order valence-corrected chi connectivity index (χ4v) is 5.29. The van der Waals surface area contributed by atoms with E-state index in [1.54, 1.807) is 4.90 Å². The van der Waals surface area contributed by atoms with Crippen LogP contribution in [-0.4, -0.2) is 154 Å². The third-order valence-corrected chi connectivity index (χ3v) is 7.87. The van der Waals surface area contributed by atoms with Crippen molar-refractivity contribution in [2.45, 2.75) is 37.5 Å². The van der Waals surface area contributed by atoms with Gasteiger partial charge in [0.2, 0.25) is 11.8 Å². The Morgan fingerprint density at radius 1 is 0.653 bits per heavy atom. The largest absolute Gasteiger partial charge is 0.480 e. The molecule has 0 aromatic heterocycles. The number of thioether (sulfide) groups is 1. The first-order valence-corrected chi connectivity index (χ1v) is 16.7. The summed E-state index contributed by atoms with van der Waals surface area (Å²) < 4.78 is 0. The molecule has 1 aromatic carbocycles. The molecule has 0 fully saturated rings. The Balaban J connectivity index is 2.45. The molecular formula is C30H47N7O11S. The van der Waals surface area contributed by atoms with Crippen molar-refractivity contribution < 1.29 is 54.0 Å². The molecular weight excluding hydrogens is 666 g/mol. The molecule has 19 heteroatoms. The van der Waals surface area contributed by atoms with Crippen molar-refractivity contribution in [3.8, 4) is 0 Å². The summed E-state index contributed by atoms with van der Waals surface area (Å²) in [5.41, 5.74) is 11.7. The summed E-state index contributed by atoms with van der Waals surface area (Å²) in [4.78, 5) is 85.4. The predicted octanol–water partition coefficient (Wildman–Crippen LogP) is -1.68. The van der Waals surface area contributed by atoms with Gasteiger partial charge in [0.25, 0.3) is 5.91 Å². The number of rotatable bonds is 27. The average Bonchev–Trinajstić information content (AvgIpc) is 3.01. The van der Waals surface area contributed by atoms with E-state index >= 15 is 0 Å². The van der Waals surface area contributed by atoms with Gasteiger partial charge < -0.3 is 31.5 Å². The second-order valence-corrected chi connectivity index (χ2v) is 12.1. The Morgan fingerprint density at radius 3 is 1.67 bits per heavy atom. The molecule has 1 rings (SSSR count). The van der Waals surface area contributed by atoms with Gasteiger partial charge in [-0.1, -0.05) is 36.8 Å². The van der Waals surface area contributed by atoms with Crippen molar-refractivity contribution in [3.63, 3.8) is 0 Å². The highest BCUT2D eigenvalue weighted by Crippen LogP contribution is 2.12. The van der Waals surface area contributed by atoms with Gasteiger partial charge in [-0.15, -0.1) is 0 Å². The number of unbranched alkanes of at least 4 members (excludes halogenated alkanes) is 2. The highest BCUT2D eigenvalue weighted by Gasteiger charge is 2.20. The lowest BCUT2D eigenvalue weighted by atomic mass is 10.2. The smallest absolute Gasteiger partial charge is 0.317 e. The molecule has 0 aliphatic carbocycles. The van der Waals surface area contributed by atoms with E-state index in [4.69, 9.17) is 26.2 Å². The molecule has 0 saturated carbocycles. The number of hydrazine groups is 1. The number of nitrogens with two attached hydrogens (primary N) is 1. The van der Waals surface area contributed by atoms with Gasteiger partial charge in [0.1, 0.15) is 0 Å². The molecule has 9 N–H and O–H groups in total. The van der Waals surface area contributed by atoms with E-state index in [0.29, 0.717) is 30.8 Å². The van der Waals surface area contributed by atoms with Gasteiger partial charge in [0, 0.05) is 50.7 Å². The Hall–Kier alpha value is -4.30. The molecule has 0 radical (unpaired) electrons. The number of carboxylic acids is 4. The lowest BCUT2D eigenvalue weighted by molar-refractivity contribution is -0.143. The van der Waals surface area contributed by atoms with Gasteiger partial charge in [-0.3, -0.25) is 59.1 Å². The zero-order valence-corrected chi connectivity index (χ0v) is 28.1. The summed E-state index contributed by atoms with van der Waals surface area (Å²) in [5.74, 6) is -5.18. The van der Waals surface area contributed by atoms with Gasteiger partial charge in [-0.2, -0.15) is 11.8 Å². The first-order chi connectivity index (χ1) is 23.2. The van der Waals surface area contributed by atoms with E-state index in [2.05, 4.69) is 16.2 Å². The number of nitrogens with one attached hydrogen (secondary N) is 3. The van der Waals surface area contributed by atoms with Crippen LogP contribution in [0.15, 0.2) is 30.3 Å². The fourth-order valence-electron chi connectivity index (χ4n) is 4.34. The summed E-state index contributed by atoms with van der Waals surface area (Å²) in [6.45, 7) is -2.12. The zero-order chi connectivity index (χ0) is 36.6. The number of nitrogens with zero attached hydrogens (tertiary/aromatic N) is 3. The Bertz CT molecular complexity index is 1150. The summed E-state index contributed by atoms with van der Waals surface area (Å²) in [5, 5.41) is 39.1. The van der Waals surface area contributed by atoms with Gasteiger partial charge >= 0.3 is 23.9 Å². The van der Waals surface area contributed by atoms with Crippen LogP contribution in [0.2, 0.25) is 0 Å². The molecule has 0 spiro atoms. The number of aliphatic carboxylic acids is 4. The fraction of sp³-hybridized carbons (Fsp3) is 0.567. The van der Waals surface area contributed by atoms with Gasteiger partial charge in [-0.25, -0.2) is 0 Å². The van der Waals surface area contributed by atoms with Gasteiger partial charge in [0.05, 0.1) is 38.8 Å². The van der Waals surface area contributed by atoms with Crippen LogP contribution >= 0.6 is 11.8 Å². The highest BCUT2D eigenvalue weighted by molar-refractivity contribution is 7.98. The minimum absolute atomic E-state index is 0.0363. The van der Waals surface area contributed by atoms with Crippen molar-refractivity contribution in [1.82, 2.24) is 30.9 Å². The van der Waals surface area contributed by atoms with Crippen LogP contribution in [0.1, 0.15) is 31.2 Å². The van der Waals surface area contributed by atoms with Crippen LogP contribution in [0.25, 0.3) is 0 Å². The standard InChI is InChI=1S/C30H47N7O11S/c31-23(21-49-20-22-7-3-1-4-8-22)30(48)34-33-24(38)9-5-2-6-10-32-25(39)15-35(11-13-36(16-26(40)41)17-27(42)43)12-14-37(18-28(44)45)19-29(46)47/h1,3-4,7-8,23H,2,5-6,9-21,31H2,(H,32,39)(H,33,38)(H,34,48)(H,40,41)(H,42,43)(H,44,45)(H,46,47)/t23-/m1/s1. The number of hydrogen-bond acceptors (Lipinski definition) is 12. The van der Waals surface area contributed by atoms with Crippen LogP contribution in [-0.2, 0) is 39.3 Å². The minimum atomic E-state index is -1.24. The SMILES string of the molecule is N[C@H](CSCc1ccccc1)C(=O)NNC(=O)CCCCCNC(=O)CN(CCN(CC(=O)O)CC(=O)O)CCN(CC(=O)O)CC(=O)O. The van der Waals surface area contributed by atoms with E-state index in [0.717, 1.165) is 15.4 Å². The molecule has 0 unspecified atom stereocenters. The first-order valence-electron chi connectivity index (χ1n) is 15.5. The lowest BCUT2D eigenvalue weighted by Gasteiger charge is -2.28. The van der Waals surface area contributed by atoms with Crippen molar-refractivity contribution >= 4 is 53.4 Å². The van der Waals surface area contributed by atoms with Gasteiger partial charge in [0.15, 0.2) is 0 Å². The number of carboxylic acid groups (broad SMARTS) is 4. The van der Waals surface area contributed by atoms with Crippen molar-refractivity contribution in [1.29, 1.82) is 0 Å². The molecule has 274 valence electrons. The molecule has 0 bridgehead atoms. The molecule has 18 nitrogen and oxygen atoms in total. The monoisotopic (exact) mass is 713 g/mol. The van der Waals surface area contributed by atoms with Crippen molar-refractivity contribution in [2.24, 2.45) is 5.73 Å². The second kappa shape index (κ2) is 24.8. The molecule has 1 aromatic rings. The van der Waals surface area contributed by atoms with E-state index in [9.17, 15) is 33.6 Å². The Morgan fingerprint density at radius 2 is 1.16 bits per heavy atom. The summed E-state index contributed by atoms with van der Waals surface area (Å²) in [6.07, 6.45) is 1.73. The van der Waals surface area contributed by atoms with E-state index in [1.807, 2.05) is 30.3 Å². The maximum absolute atomic E-state index is 12.7. The van der Waals surface area contributed by atoms with Crippen LogP contribution in [0.4, 0.5) is 0 Å². The highest BCUT2D eigenvalue weighted by atomic mass is 32.2. The van der Waals surface area contributed by atoms with Crippen LogP contribution in [0.3, 0.4) is 0 Å². The number of amides is 3. The average molecular weight is 714 g/mol. The number of benzene rings is 1. The molecule has 3 amide bonds. The maximum Gasteiger partial charge on any atom is 0.317 e. The zero-order valence-electron chi connectivity index (χ0n) is 27.3. The maximum atomic E-state index is 12.7. The topological polar surface area (TPSA) is 272 Å². The summed E-state index contributed by atoms with van der Waals surface area (Å²) >= 11 is 1.50. The molecule has 0 aliphatic heterocycles. The molecule has 49 heavy (non-hydrogen) atoms. The molecule has 1 atom stereocenters. The number of carbonyl (C=O) groups excluding carboxylic acids is 3. The second-order valence-electron chi connectivity index (χ2n) is 11.1. The first kappa shape index (κ1) is 42.7. The van der Waals surface area contributed by atoms with Crippen LogP contribution in [0.5, 0.6) is 0 Å². The predicted molar refractivity (Wildman–Crippen MR) is 178 cm³/mol. The van der Waals surface area contributed by atoms with Gasteiger partial charge in [-0.05, 0) is 18.4 Å². The summed E-state index contributed by atoms with van der Waals surface area (Å²) in [7, 11) is 0. The third-order valence-electron chi connectivity index (χ3n) is 6.74. The Kier molecular flexibility index (Phi) is 21.6. The number of carbonyl (C=O) groups is 7. The third kappa shape index (κ3) is 22.8. The van der Waals surface area contributed by atoms with Crippen molar-refractivity contribution in [2.75, 3.05) is 71.2 Å². The molecule has 0 saturated heterocycles. The lowest BCUT2D eigenvalue weighted by Crippen LogP contribution is -2.50. The minimum Gasteiger partial charge on any atom is -0.480 e. The molecule has 0 heterocycles. The Labute approximate surface area is 288 Å². The van der Waals surface area contributed by atoms with E-state index < -0.39 is 73.8 Å². The molecule has 0 aliphatic rings.